The number of guanidine groups is 1. The molecule has 0 saturated carbocycles. The summed E-state index contributed by atoms with van der Waals surface area (Å²) in [6, 6.07) is 0.134. The molecule has 0 rings (SSSR count). The molecule has 0 saturated heterocycles. The first-order chi connectivity index (χ1) is 9.82. The number of nitrogens with zero attached hydrogens (tertiary/aromatic N) is 1. The monoisotopic (exact) mass is 428 g/mol. The van der Waals surface area contributed by atoms with Crippen LogP contribution in [-0.4, -0.2) is 43.8 Å². The SMILES string of the molecule is CCCCC(CNC(=O)OC(C)(C)C)NC(=NC)NCC.I. The van der Waals surface area contributed by atoms with E-state index in [1.54, 1.807) is 7.05 Å². The van der Waals surface area contributed by atoms with Gasteiger partial charge in [0.05, 0.1) is 0 Å². The number of unbranched alkanes of at least 4 members (excludes halogenated alkanes) is 1. The fourth-order valence-corrected chi connectivity index (χ4v) is 1.75. The Balaban J connectivity index is 0. The van der Waals surface area contributed by atoms with Gasteiger partial charge in [0.1, 0.15) is 5.60 Å². The van der Waals surface area contributed by atoms with Gasteiger partial charge in [-0.25, -0.2) is 4.79 Å². The highest BCUT2D eigenvalue weighted by Gasteiger charge is 2.17. The second-order valence-corrected chi connectivity index (χ2v) is 5.97. The molecule has 0 aromatic heterocycles. The lowest BCUT2D eigenvalue weighted by molar-refractivity contribution is 0.0523. The zero-order valence-corrected chi connectivity index (χ0v) is 17.1. The predicted molar refractivity (Wildman–Crippen MR) is 103 cm³/mol. The highest BCUT2D eigenvalue weighted by Crippen LogP contribution is 2.06. The van der Waals surface area contributed by atoms with E-state index in [0.29, 0.717) is 6.54 Å². The van der Waals surface area contributed by atoms with E-state index in [4.69, 9.17) is 4.74 Å². The number of halogens is 1. The maximum atomic E-state index is 11.7. The summed E-state index contributed by atoms with van der Waals surface area (Å²) in [5, 5.41) is 9.30. The van der Waals surface area contributed by atoms with Crippen LogP contribution in [-0.2, 0) is 4.74 Å². The standard InChI is InChI=1S/C15H32N4O2.HI/c1-7-9-10-12(19-13(16-6)17-8-2)11-18-14(20)21-15(3,4)5;/h12H,7-11H2,1-6H3,(H,18,20)(H2,16,17,19);1H. The molecule has 0 radical (unpaired) electrons. The number of ether oxygens (including phenoxy) is 1. The molecule has 0 bridgehead atoms. The van der Waals surface area contributed by atoms with Crippen molar-refractivity contribution in [2.45, 2.75) is 65.5 Å². The number of carbonyl (C=O) groups excluding carboxylic acids is 1. The molecule has 0 aliphatic heterocycles. The topological polar surface area (TPSA) is 74.8 Å². The van der Waals surface area contributed by atoms with Crippen molar-refractivity contribution >= 4 is 36.0 Å². The number of carbonyl (C=O) groups is 1. The Kier molecular flexibility index (Phi) is 13.7. The molecule has 1 atom stereocenters. The van der Waals surface area contributed by atoms with Crippen LogP contribution in [0.25, 0.3) is 0 Å². The molecule has 0 spiro atoms. The first kappa shape index (κ1) is 23.5. The Bertz CT molecular complexity index is 330. The van der Waals surface area contributed by atoms with E-state index >= 15 is 0 Å². The van der Waals surface area contributed by atoms with Crippen LogP contribution in [0.4, 0.5) is 4.79 Å². The maximum absolute atomic E-state index is 11.7. The van der Waals surface area contributed by atoms with Gasteiger partial charge in [-0.05, 0) is 34.1 Å². The summed E-state index contributed by atoms with van der Waals surface area (Å²) >= 11 is 0. The maximum Gasteiger partial charge on any atom is 0.407 e. The van der Waals surface area contributed by atoms with Gasteiger partial charge < -0.3 is 20.7 Å². The lowest BCUT2D eigenvalue weighted by Gasteiger charge is -2.24. The molecule has 0 aliphatic rings. The van der Waals surface area contributed by atoms with Crippen LogP contribution >= 0.6 is 24.0 Å². The van der Waals surface area contributed by atoms with E-state index in [-0.39, 0.29) is 36.1 Å². The number of aliphatic imine (C=N–C) groups is 1. The lowest BCUT2D eigenvalue weighted by Crippen LogP contribution is -2.48. The van der Waals surface area contributed by atoms with Gasteiger partial charge in [0.25, 0.3) is 0 Å². The number of nitrogens with one attached hydrogen (secondary N) is 3. The molecular formula is C15H33IN4O2. The first-order valence-electron chi connectivity index (χ1n) is 7.76. The zero-order chi connectivity index (χ0) is 16.3. The van der Waals surface area contributed by atoms with Crippen molar-refractivity contribution in [1.29, 1.82) is 0 Å². The van der Waals surface area contributed by atoms with Gasteiger partial charge in [-0.1, -0.05) is 19.8 Å². The minimum atomic E-state index is -0.476. The van der Waals surface area contributed by atoms with E-state index < -0.39 is 5.60 Å². The van der Waals surface area contributed by atoms with Crippen LogP contribution in [0.3, 0.4) is 0 Å². The Morgan fingerprint density at radius 2 is 1.86 bits per heavy atom. The van der Waals surface area contributed by atoms with E-state index in [1.165, 1.54) is 0 Å². The first-order valence-corrected chi connectivity index (χ1v) is 7.76. The number of amides is 1. The van der Waals surface area contributed by atoms with Crippen LogP contribution in [0.15, 0.2) is 4.99 Å². The molecule has 6 nitrogen and oxygen atoms in total. The summed E-state index contributed by atoms with van der Waals surface area (Å²) in [7, 11) is 1.74. The van der Waals surface area contributed by atoms with Gasteiger partial charge >= 0.3 is 6.09 Å². The molecule has 3 N–H and O–H groups in total. The quantitative estimate of drug-likeness (QED) is 0.331. The molecule has 7 heteroatoms. The van der Waals surface area contributed by atoms with Crippen LogP contribution in [0, 0.1) is 0 Å². The molecule has 1 unspecified atom stereocenters. The highest BCUT2D eigenvalue weighted by molar-refractivity contribution is 14.0. The molecule has 0 aromatic rings. The number of rotatable bonds is 7. The highest BCUT2D eigenvalue weighted by atomic mass is 127. The van der Waals surface area contributed by atoms with E-state index in [9.17, 15) is 4.79 Å². The third kappa shape index (κ3) is 13.0. The van der Waals surface area contributed by atoms with E-state index in [1.807, 2.05) is 27.7 Å². The summed E-state index contributed by atoms with van der Waals surface area (Å²) in [4.78, 5) is 15.9. The van der Waals surface area contributed by atoms with Crippen LogP contribution in [0.1, 0.15) is 53.9 Å². The van der Waals surface area contributed by atoms with Gasteiger partial charge in [-0.15, -0.1) is 24.0 Å². The molecule has 1 amide bonds. The fraction of sp³-hybridized carbons (Fsp3) is 0.867. The summed E-state index contributed by atoms with van der Waals surface area (Å²) in [6.07, 6.45) is 2.79. The number of hydrogen-bond acceptors (Lipinski definition) is 3. The second-order valence-electron chi connectivity index (χ2n) is 5.97. The average molecular weight is 428 g/mol. The van der Waals surface area contributed by atoms with Crippen molar-refractivity contribution in [3.8, 4) is 0 Å². The Hall–Kier alpha value is -0.730. The molecule has 0 aliphatic carbocycles. The summed E-state index contributed by atoms with van der Waals surface area (Å²) in [5.74, 6) is 0.754. The Morgan fingerprint density at radius 1 is 1.23 bits per heavy atom. The average Bonchev–Trinajstić information content (AvgIpc) is 2.38. The van der Waals surface area contributed by atoms with Crippen molar-refractivity contribution in [1.82, 2.24) is 16.0 Å². The van der Waals surface area contributed by atoms with Gasteiger partial charge in [0.15, 0.2) is 5.96 Å². The van der Waals surface area contributed by atoms with Crippen LogP contribution < -0.4 is 16.0 Å². The van der Waals surface area contributed by atoms with Crippen molar-refractivity contribution in [3.63, 3.8) is 0 Å². The zero-order valence-electron chi connectivity index (χ0n) is 14.8. The molecule has 132 valence electrons. The molecule has 0 aromatic carbocycles. The molecule has 22 heavy (non-hydrogen) atoms. The van der Waals surface area contributed by atoms with Crippen molar-refractivity contribution in [3.05, 3.63) is 0 Å². The minimum absolute atomic E-state index is 0. The summed E-state index contributed by atoms with van der Waals surface area (Å²) in [6.45, 7) is 11.1. The van der Waals surface area contributed by atoms with Gasteiger partial charge in [0.2, 0.25) is 0 Å². The lowest BCUT2D eigenvalue weighted by atomic mass is 10.1. The molecule has 0 fully saturated rings. The fourth-order valence-electron chi connectivity index (χ4n) is 1.75. The van der Waals surface area contributed by atoms with Gasteiger partial charge in [-0.3, -0.25) is 4.99 Å². The number of alkyl carbamates (subject to hydrolysis) is 1. The van der Waals surface area contributed by atoms with E-state index in [2.05, 4.69) is 27.9 Å². The molecular weight excluding hydrogens is 395 g/mol. The van der Waals surface area contributed by atoms with Crippen LogP contribution in [0.5, 0.6) is 0 Å². The van der Waals surface area contributed by atoms with Crippen LogP contribution in [0.2, 0.25) is 0 Å². The summed E-state index contributed by atoms with van der Waals surface area (Å²) < 4.78 is 5.25. The minimum Gasteiger partial charge on any atom is -0.444 e. The van der Waals surface area contributed by atoms with Crippen molar-refractivity contribution in [2.75, 3.05) is 20.1 Å². The van der Waals surface area contributed by atoms with Gasteiger partial charge in [0, 0.05) is 26.2 Å². The number of hydrogen-bond donors (Lipinski definition) is 3. The smallest absolute Gasteiger partial charge is 0.407 e. The van der Waals surface area contributed by atoms with Crippen molar-refractivity contribution < 1.29 is 9.53 Å². The second kappa shape index (κ2) is 12.8. The Morgan fingerprint density at radius 3 is 2.32 bits per heavy atom. The van der Waals surface area contributed by atoms with Crippen molar-refractivity contribution in [2.24, 2.45) is 4.99 Å². The third-order valence-corrected chi connectivity index (χ3v) is 2.71. The van der Waals surface area contributed by atoms with Gasteiger partial charge in [-0.2, -0.15) is 0 Å². The Labute approximate surface area is 152 Å². The third-order valence-electron chi connectivity index (χ3n) is 2.71. The predicted octanol–water partition coefficient (Wildman–Crippen LogP) is 2.87. The molecule has 0 heterocycles. The largest absolute Gasteiger partial charge is 0.444 e. The normalized spacial score (nSPS) is 12.9. The van der Waals surface area contributed by atoms with E-state index in [0.717, 1.165) is 31.8 Å². The summed E-state index contributed by atoms with van der Waals surface area (Å²) in [5.41, 5.74) is -0.476.